The average molecular weight is 524 g/mol. The molecular formula is C27H30ClN5O2S. The van der Waals surface area contributed by atoms with Crippen molar-refractivity contribution in [3.05, 3.63) is 70.1 Å². The number of Topliss-reactive ketones (excluding diaryl/α,β-unsaturated/α-hetero) is 1. The van der Waals surface area contributed by atoms with Gasteiger partial charge in [0.1, 0.15) is 5.82 Å². The van der Waals surface area contributed by atoms with Gasteiger partial charge in [0, 0.05) is 59.3 Å². The van der Waals surface area contributed by atoms with Crippen molar-refractivity contribution < 1.29 is 9.59 Å². The van der Waals surface area contributed by atoms with E-state index in [-0.39, 0.29) is 23.4 Å². The second-order valence-electron chi connectivity index (χ2n) is 8.82. The van der Waals surface area contributed by atoms with Crippen molar-refractivity contribution in [2.75, 3.05) is 5.32 Å². The molecule has 1 unspecified atom stereocenters. The Morgan fingerprint density at radius 1 is 1.14 bits per heavy atom. The van der Waals surface area contributed by atoms with E-state index in [1.54, 1.807) is 6.07 Å². The number of halogens is 1. The van der Waals surface area contributed by atoms with Gasteiger partial charge in [0.15, 0.2) is 10.9 Å². The first kappa shape index (κ1) is 26.0. The van der Waals surface area contributed by atoms with Crippen molar-refractivity contribution in [2.45, 2.75) is 57.5 Å². The highest BCUT2D eigenvalue weighted by atomic mass is 35.5. The zero-order valence-corrected chi connectivity index (χ0v) is 22.7. The highest BCUT2D eigenvalue weighted by Gasteiger charge is 2.26. The number of anilines is 1. The molecule has 1 N–H and O–H groups in total. The molecule has 0 radical (unpaired) electrons. The number of hydrogen-bond acceptors (Lipinski definition) is 5. The molecule has 0 saturated heterocycles. The summed E-state index contributed by atoms with van der Waals surface area (Å²) in [7, 11) is 1.98. The lowest BCUT2D eigenvalue weighted by Gasteiger charge is -2.12. The topological polar surface area (TPSA) is 81.8 Å². The third-order valence-corrected chi connectivity index (χ3v) is 7.93. The lowest BCUT2D eigenvalue weighted by atomic mass is 10.1. The summed E-state index contributed by atoms with van der Waals surface area (Å²) in [6.07, 6.45) is 0.704. The fourth-order valence-electron chi connectivity index (χ4n) is 4.27. The van der Waals surface area contributed by atoms with Gasteiger partial charge in [-0.2, -0.15) is 0 Å². The van der Waals surface area contributed by atoms with Crippen molar-refractivity contribution >= 4 is 51.6 Å². The van der Waals surface area contributed by atoms with Crippen LogP contribution in [0, 0.1) is 13.8 Å². The van der Waals surface area contributed by atoms with Gasteiger partial charge in [-0.25, -0.2) is 0 Å². The van der Waals surface area contributed by atoms with Crippen LogP contribution in [0.15, 0.2) is 47.6 Å². The fraction of sp³-hybridized carbons (Fsp3) is 0.333. The van der Waals surface area contributed by atoms with Crippen LogP contribution in [-0.4, -0.2) is 36.3 Å². The maximum atomic E-state index is 13.5. The molecule has 9 heteroatoms. The molecule has 0 bridgehead atoms. The quantitative estimate of drug-likeness (QED) is 0.215. The summed E-state index contributed by atoms with van der Waals surface area (Å²) < 4.78 is 4.03. The number of rotatable bonds is 9. The summed E-state index contributed by atoms with van der Waals surface area (Å²) in [5.41, 5.74) is 4.37. The Labute approximate surface area is 220 Å². The molecule has 0 aliphatic rings. The van der Waals surface area contributed by atoms with E-state index in [4.69, 9.17) is 11.6 Å². The number of carbonyl (C=O) groups is 2. The standard InChI is InChI=1S/C27H30ClN5O2S/c1-6-33-23(13-14-24(34)29-19-12-11-16(2)21(28)15-19)30-31-27(33)36-18(4)26(35)25-17(3)32(5)22-10-8-7-9-20(22)25/h7-12,15,18H,6,13-14H2,1-5H3,(H,29,34). The summed E-state index contributed by atoms with van der Waals surface area (Å²) in [4.78, 5) is 26.0. The Morgan fingerprint density at radius 2 is 1.89 bits per heavy atom. The maximum Gasteiger partial charge on any atom is 0.224 e. The van der Waals surface area contributed by atoms with Crippen molar-refractivity contribution in [1.29, 1.82) is 0 Å². The number of benzene rings is 2. The van der Waals surface area contributed by atoms with Gasteiger partial charge in [-0.1, -0.05) is 47.6 Å². The van der Waals surface area contributed by atoms with Crippen molar-refractivity contribution in [3.8, 4) is 0 Å². The molecule has 2 aromatic heterocycles. The number of para-hydroxylation sites is 1. The molecule has 7 nitrogen and oxygen atoms in total. The molecule has 4 aromatic rings. The molecule has 0 saturated carbocycles. The first-order valence-corrected chi connectivity index (χ1v) is 13.2. The molecule has 2 aromatic carbocycles. The van der Waals surface area contributed by atoms with E-state index in [2.05, 4.69) is 20.1 Å². The average Bonchev–Trinajstić information content (AvgIpc) is 3.37. The van der Waals surface area contributed by atoms with Crippen LogP contribution >= 0.6 is 23.4 Å². The van der Waals surface area contributed by atoms with E-state index in [0.717, 1.165) is 33.5 Å². The van der Waals surface area contributed by atoms with Crippen molar-refractivity contribution in [1.82, 2.24) is 19.3 Å². The van der Waals surface area contributed by atoms with E-state index < -0.39 is 0 Å². The number of amides is 1. The third-order valence-electron chi connectivity index (χ3n) is 6.44. The highest BCUT2D eigenvalue weighted by Crippen LogP contribution is 2.31. The van der Waals surface area contributed by atoms with Gasteiger partial charge >= 0.3 is 0 Å². The Hall–Kier alpha value is -3.10. The Morgan fingerprint density at radius 3 is 2.61 bits per heavy atom. The predicted molar refractivity (Wildman–Crippen MR) is 146 cm³/mol. The van der Waals surface area contributed by atoms with Crippen LogP contribution in [0.2, 0.25) is 5.02 Å². The van der Waals surface area contributed by atoms with Crippen LogP contribution in [0.25, 0.3) is 10.9 Å². The Bertz CT molecular complexity index is 1440. The monoisotopic (exact) mass is 523 g/mol. The number of nitrogens with zero attached hydrogens (tertiary/aromatic N) is 4. The van der Waals surface area contributed by atoms with Crippen molar-refractivity contribution in [2.24, 2.45) is 7.05 Å². The van der Waals surface area contributed by atoms with Crippen LogP contribution in [0.3, 0.4) is 0 Å². The Kier molecular flexibility index (Phi) is 7.85. The minimum Gasteiger partial charge on any atom is -0.347 e. The summed E-state index contributed by atoms with van der Waals surface area (Å²) in [6, 6.07) is 13.4. The first-order chi connectivity index (χ1) is 17.2. The van der Waals surface area contributed by atoms with Gasteiger partial charge < -0.3 is 14.5 Å². The summed E-state index contributed by atoms with van der Waals surface area (Å²) in [5, 5.41) is 13.5. The second kappa shape index (κ2) is 10.9. The van der Waals surface area contributed by atoms with Crippen LogP contribution in [0.1, 0.15) is 47.7 Å². The maximum absolute atomic E-state index is 13.5. The predicted octanol–water partition coefficient (Wildman–Crippen LogP) is 5.99. The molecule has 1 atom stereocenters. The SMILES string of the molecule is CCn1c(CCC(=O)Nc2ccc(C)c(Cl)c2)nnc1SC(C)C(=O)c1c(C)n(C)c2ccccc12. The molecular weight excluding hydrogens is 494 g/mol. The minimum atomic E-state index is -0.341. The number of aryl methyl sites for hydroxylation is 3. The zero-order valence-electron chi connectivity index (χ0n) is 21.1. The number of thioether (sulfide) groups is 1. The van der Waals surface area contributed by atoms with E-state index in [0.29, 0.717) is 28.8 Å². The Balaban J connectivity index is 1.44. The number of carbonyl (C=O) groups excluding carboxylic acids is 2. The molecule has 36 heavy (non-hydrogen) atoms. The van der Waals surface area contributed by atoms with E-state index in [1.165, 1.54) is 11.8 Å². The molecule has 0 fully saturated rings. The van der Waals surface area contributed by atoms with Gasteiger partial charge in [-0.3, -0.25) is 9.59 Å². The van der Waals surface area contributed by atoms with E-state index in [9.17, 15) is 9.59 Å². The lowest BCUT2D eigenvalue weighted by Crippen LogP contribution is -2.16. The molecule has 0 aliphatic heterocycles. The minimum absolute atomic E-state index is 0.0673. The molecule has 2 heterocycles. The van der Waals surface area contributed by atoms with Crippen molar-refractivity contribution in [3.63, 3.8) is 0 Å². The number of ketones is 1. The van der Waals surface area contributed by atoms with Gasteiger partial charge in [0.25, 0.3) is 0 Å². The highest BCUT2D eigenvalue weighted by molar-refractivity contribution is 8.00. The smallest absolute Gasteiger partial charge is 0.224 e. The molecule has 4 rings (SSSR count). The van der Waals surface area contributed by atoms with Crippen LogP contribution in [0.4, 0.5) is 5.69 Å². The summed E-state index contributed by atoms with van der Waals surface area (Å²) in [5.74, 6) is 0.667. The third kappa shape index (κ3) is 5.20. The zero-order chi connectivity index (χ0) is 26.0. The fourth-order valence-corrected chi connectivity index (χ4v) is 5.45. The van der Waals surface area contributed by atoms with Crippen LogP contribution < -0.4 is 5.32 Å². The van der Waals surface area contributed by atoms with Gasteiger partial charge in [-0.15, -0.1) is 10.2 Å². The van der Waals surface area contributed by atoms with Gasteiger partial charge in [0.2, 0.25) is 5.91 Å². The largest absolute Gasteiger partial charge is 0.347 e. The molecule has 0 spiro atoms. The first-order valence-electron chi connectivity index (χ1n) is 11.9. The normalized spacial score (nSPS) is 12.2. The molecule has 1 amide bonds. The molecule has 0 aliphatic carbocycles. The van der Waals surface area contributed by atoms with Gasteiger partial charge in [0.05, 0.1) is 5.25 Å². The number of hydrogen-bond donors (Lipinski definition) is 1. The number of fused-ring (bicyclic) bond motifs is 1. The molecule has 188 valence electrons. The lowest BCUT2D eigenvalue weighted by molar-refractivity contribution is -0.116. The summed E-state index contributed by atoms with van der Waals surface area (Å²) >= 11 is 7.55. The summed E-state index contributed by atoms with van der Waals surface area (Å²) in [6.45, 7) is 8.45. The van der Waals surface area contributed by atoms with E-state index >= 15 is 0 Å². The van der Waals surface area contributed by atoms with Crippen LogP contribution in [-0.2, 0) is 24.8 Å². The number of aromatic nitrogens is 4. The number of nitrogens with one attached hydrogen (secondary N) is 1. The van der Waals surface area contributed by atoms with E-state index in [1.807, 2.05) is 75.7 Å². The van der Waals surface area contributed by atoms with Gasteiger partial charge in [-0.05, 0) is 51.5 Å². The second-order valence-corrected chi connectivity index (χ2v) is 10.5. The van der Waals surface area contributed by atoms with Crippen LogP contribution in [0.5, 0.6) is 0 Å².